The van der Waals surface area contributed by atoms with Crippen LogP contribution in [-0.2, 0) is 29.8 Å². The van der Waals surface area contributed by atoms with Gasteiger partial charge in [0.2, 0.25) is 0 Å². The highest BCUT2D eigenvalue weighted by molar-refractivity contribution is 6.33. The van der Waals surface area contributed by atoms with Crippen molar-refractivity contribution in [3.05, 3.63) is 93.0 Å². The second-order valence-corrected chi connectivity index (χ2v) is 9.60. The summed E-state index contributed by atoms with van der Waals surface area (Å²) in [5.74, 6) is 0. The van der Waals surface area contributed by atoms with Crippen LogP contribution in [0.3, 0.4) is 0 Å². The van der Waals surface area contributed by atoms with E-state index in [2.05, 4.69) is 0 Å². The third-order valence-electron chi connectivity index (χ3n) is 6.49. The predicted molar refractivity (Wildman–Crippen MR) is 127 cm³/mol. The van der Waals surface area contributed by atoms with Crippen LogP contribution in [0.4, 0.5) is 44.3 Å². The van der Waals surface area contributed by atoms with E-state index in [1.807, 2.05) is 6.07 Å². The summed E-state index contributed by atoms with van der Waals surface area (Å²) in [4.78, 5) is 13.7. The summed E-state index contributed by atoms with van der Waals surface area (Å²) in [5, 5.41) is 9.32. The molecule has 1 fully saturated rings. The molecule has 2 atom stereocenters. The van der Waals surface area contributed by atoms with Gasteiger partial charge in [0, 0.05) is 10.6 Å². The van der Waals surface area contributed by atoms with Crippen molar-refractivity contribution in [1.29, 1.82) is 5.26 Å². The van der Waals surface area contributed by atoms with Crippen molar-refractivity contribution in [1.82, 2.24) is 4.90 Å². The van der Waals surface area contributed by atoms with Gasteiger partial charge < -0.3 is 4.74 Å². The van der Waals surface area contributed by atoms with Crippen molar-refractivity contribution in [2.45, 2.75) is 44.1 Å². The number of carbonyl (C=O) groups excluding carboxylic acids is 1. The minimum Gasteiger partial charge on any atom is -0.439 e. The zero-order chi connectivity index (χ0) is 30.5. The van der Waals surface area contributed by atoms with Gasteiger partial charge >= 0.3 is 24.6 Å². The van der Waals surface area contributed by atoms with Gasteiger partial charge in [-0.1, -0.05) is 17.7 Å². The summed E-state index contributed by atoms with van der Waals surface area (Å²) < 4.78 is 126. The number of benzene rings is 3. The van der Waals surface area contributed by atoms with E-state index in [1.54, 1.807) is 0 Å². The molecule has 0 aliphatic carbocycles. The molecule has 3 aromatic rings. The van der Waals surface area contributed by atoms with Gasteiger partial charge in [0.05, 0.1) is 40.9 Å². The van der Waals surface area contributed by atoms with Crippen LogP contribution in [0.1, 0.15) is 46.4 Å². The first-order chi connectivity index (χ1) is 18.9. The fourth-order valence-corrected chi connectivity index (χ4v) is 4.67. The number of amides is 1. The first kappa shape index (κ1) is 30.0. The third-order valence-corrected chi connectivity index (χ3v) is 6.82. The molecule has 0 N–H and O–H groups in total. The predicted octanol–water partition coefficient (Wildman–Crippen LogP) is 9.02. The normalized spacial score (nSPS) is 17.9. The van der Waals surface area contributed by atoms with Crippen LogP contribution in [0.25, 0.3) is 11.1 Å². The molecule has 4 nitrogen and oxygen atoms in total. The van der Waals surface area contributed by atoms with E-state index in [1.165, 1.54) is 25.1 Å². The second-order valence-electron chi connectivity index (χ2n) is 9.19. The molecule has 1 saturated heterocycles. The van der Waals surface area contributed by atoms with E-state index in [0.29, 0.717) is 12.1 Å². The number of nitrogens with zero attached hydrogens (tertiary/aromatic N) is 2. The number of hydrogen-bond acceptors (Lipinski definition) is 3. The Kier molecular flexibility index (Phi) is 7.68. The van der Waals surface area contributed by atoms with Gasteiger partial charge in [-0.15, -0.1) is 0 Å². The highest BCUT2D eigenvalue weighted by Gasteiger charge is 2.43. The maximum Gasteiger partial charge on any atom is 0.416 e. The maximum atomic E-state index is 13.6. The molecule has 0 spiro atoms. The maximum absolute atomic E-state index is 13.6. The van der Waals surface area contributed by atoms with E-state index < -0.39 is 65.6 Å². The standard InChI is InChI=1S/C27H16ClF9N2O2/c1-13-23(15-7-18(26(32,33)34)10-19(8-15)27(35,36)37)41-24(40)39(13)12-16-9-17(25(29,30)31)3-4-20(16)21-6-14(11-38)2-5-22(21)28/h2-10,13,23H,12H2,1H3/t13-,23-/m0/s1. The Hall–Kier alpha value is -3.92. The van der Waals surface area contributed by atoms with Gasteiger partial charge in [0.15, 0.2) is 0 Å². The van der Waals surface area contributed by atoms with E-state index in [-0.39, 0.29) is 33.3 Å². The second kappa shape index (κ2) is 10.5. The highest BCUT2D eigenvalue weighted by atomic mass is 35.5. The molecule has 0 unspecified atom stereocenters. The van der Waals surface area contributed by atoms with Crippen molar-refractivity contribution < 1.29 is 49.0 Å². The molecular weight excluding hydrogens is 591 g/mol. The van der Waals surface area contributed by atoms with Gasteiger partial charge in [-0.3, -0.25) is 4.90 Å². The summed E-state index contributed by atoms with van der Waals surface area (Å²) in [6.07, 6.45) is -17.9. The fourth-order valence-electron chi connectivity index (χ4n) is 4.45. The summed E-state index contributed by atoms with van der Waals surface area (Å²) in [7, 11) is 0. The van der Waals surface area contributed by atoms with Crippen LogP contribution in [0.15, 0.2) is 54.6 Å². The molecule has 0 aromatic heterocycles. The van der Waals surface area contributed by atoms with Crippen molar-refractivity contribution >= 4 is 17.7 Å². The Morgan fingerprint density at radius 3 is 1.95 bits per heavy atom. The minimum absolute atomic E-state index is 0.0727. The molecule has 14 heteroatoms. The summed E-state index contributed by atoms with van der Waals surface area (Å²) in [5.41, 5.74) is -4.61. The van der Waals surface area contributed by atoms with Crippen molar-refractivity contribution in [2.75, 3.05) is 0 Å². The number of alkyl halides is 9. The molecule has 3 aromatic carbocycles. The lowest BCUT2D eigenvalue weighted by Gasteiger charge is -2.24. The number of carbonyl (C=O) groups is 1. The molecule has 0 saturated carbocycles. The molecule has 216 valence electrons. The monoisotopic (exact) mass is 606 g/mol. The lowest BCUT2D eigenvalue weighted by molar-refractivity contribution is -0.143. The number of hydrogen-bond donors (Lipinski definition) is 0. The zero-order valence-electron chi connectivity index (χ0n) is 20.5. The van der Waals surface area contributed by atoms with Gasteiger partial charge in [-0.25, -0.2) is 4.79 Å². The van der Waals surface area contributed by atoms with E-state index in [9.17, 15) is 49.6 Å². The SMILES string of the molecule is C[C@H]1[C@@H](c2cc(C(F)(F)F)cc(C(F)(F)F)c2)OC(=O)N1Cc1cc(C(F)(F)F)ccc1-c1cc(C#N)ccc1Cl. The van der Waals surface area contributed by atoms with Crippen LogP contribution < -0.4 is 0 Å². The Labute approximate surface area is 231 Å². The summed E-state index contributed by atoms with van der Waals surface area (Å²) in [6.45, 7) is 0.702. The average molecular weight is 607 g/mol. The number of nitriles is 1. The van der Waals surface area contributed by atoms with Gasteiger partial charge in [-0.2, -0.15) is 44.8 Å². The molecule has 1 heterocycles. The molecule has 1 amide bonds. The molecule has 0 radical (unpaired) electrons. The number of halogens is 10. The number of ether oxygens (including phenoxy) is 1. The minimum atomic E-state index is -5.15. The third kappa shape index (κ3) is 6.22. The molecule has 0 bridgehead atoms. The number of cyclic esters (lactones) is 1. The molecule has 1 aliphatic heterocycles. The van der Waals surface area contributed by atoms with Crippen LogP contribution >= 0.6 is 11.6 Å². The van der Waals surface area contributed by atoms with E-state index in [4.69, 9.17) is 16.3 Å². The van der Waals surface area contributed by atoms with Crippen LogP contribution in [0.2, 0.25) is 5.02 Å². The average Bonchev–Trinajstić information content (AvgIpc) is 3.15. The van der Waals surface area contributed by atoms with Gasteiger partial charge in [0.1, 0.15) is 6.10 Å². The quantitative estimate of drug-likeness (QED) is 0.279. The smallest absolute Gasteiger partial charge is 0.416 e. The highest BCUT2D eigenvalue weighted by Crippen LogP contribution is 2.42. The molecular formula is C27H16ClF9N2O2. The van der Waals surface area contributed by atoms with Gasteiger partial charge in [0.25, 0.3) is 0 Å². The first-order valence-corrected chi connectivity index (χ1v) is 11.9. The Morgan fingerprint density at radius 1 is 0.829 bits per heavy atom. The topological polar surface area (TPSA) is 53.3 Å². The summed E-state index contributed by atoms with van der Waals surface area (Å²) >= 11 is 6.25. The summed E-state index contributed by atoms with van der Waals surface area (Å²) in [6, 6.07) is 8.11. The van der Waals surface area contributed by atoms with Crippen molar-refractivity contribution in [3.63, 3.8) is 0 Å². The van der Waals surface area contributed by atoms with E-state index >= 15 is 0 Å². The fraction of sp³-hybridized carbons (Fsp3) is 0.259. The van der Waals surface area contributed by atoms with Crippen molar-refractivity contribution in [2.24, 2.45) is 0 Å². The molecule has 1 aliphatic rings. The number of rotatable bonds is 4. The molecule has 4 rings (SSSR count). The zero-order valence-corrected chi connectivity index (χ0v) is 21.3. The van der Waals surface area contributed by atoms with E-state index in [0.717, 1.165) is 23.1 Å². The molecule has 41 heavy (non-hydrogen) atoms. The van der Waals surface area contributed by atoms with Crippen molar-refractivity contribution in [3.8, 4) is 17.2 Å². The lowest BCUT2D eigenvalue weighted by Crippen LogP contribution is -2.32. The lowest BCUT2D eigenvalue weighted by atomic mass is 9.94. The largest absolute Gasteiger partial charge is 0.439 e. The van der Waals surface area contributed by atoms with Crippen LogP contribution in [0.5, 0.6) is 0 Å². The Balaban J connectivity index is 1.78. The Bertz CT molecular complexity index is 1510. The first-order valence-electron chi connectivity index (χ1n) is 11.6. The van der Waals surface area contributed by atoms with Crippen LogP contribution in [0, 0.1) is 11.3 Å². The van der Waals surface area contributed by atoms with Crippen LogP contribution in [-0.4, -0.2) is 17.0 Å². The van der Waals surface area contributed by atoms with Gasteiger partial charge in [-0.05, 0) is 72.1 Å². The Morgan fingerprint density at radius 2 is 1.41 bits per heavy atom.